The zero-order valence-corrected chi connectivity index (χ0v) is 14.9. The highest BCUT2D eigenvalue weighted by Gasteiger charge is 2.30. The summed E-state index contributed by atoms with van der Waals surface area (Å²) < 4.78 is 8.40. The Hall–Kier alpha value is -2.44. The number of benzene rings is 1. The maximum Gasteiger partial charge on any atom is 0.161 e. The zero-order valence-electron chi connectivity index (χ0n) is 14.9. The summed E-state index contributed by atoms with van der Waals surface area (Å²) in [6.45, 7) is 1.10. The number of aromatic nitrogens is 3. The van der Waals surface area contributed by atoms with Crippen molar-refractivity contribution in [2.24, 2.45) is 5.73 Å². The summed E-state index contributed by atoms with van der Waals surface area (Å²) in [5.74, 6) is 1.82. The van der Waals surface area contributed by atoms with E-state index >= 15 is 0 Å². The van der Waals surface area contributed by atoms with Crippen molar-refractivity contribution in [1.29, 1.82) is 0 Å². The Kier molecular flexibility index (Phi) is 3.69. The lowest BCUT2D eigenvalue weighted by Crippen LogP contribution is -2.19. The third-order valence-electron chi connectivity index (χ3n) is 5.71. The fourth-order valence-corrected chi connectivity index (χ4v) is 4.32. The summed E-state index contributed by atoms with van der Waals surface area (Å²) in [6, 6.07) is 12.6. The molecular weight excluding hydrogens is 326 g/mol. The quantitative estimate of drug-likeness (QED) is 0.787. The Morgan fingerprint density at radius 2 is 1.96 bits per heavy atom. The molecule has 1 saturated heterocycles. The maximum absolute atomic E-state index is 6.32. The molecule has 0 saturated carbocycles. The average molecular weight is 349 g/mol. The molecule has 0 amide bonds. The lowest BCUT2D eigenvalue weighted by Gasteiger charge is -2.18. The maximum atomic E-state index is 6.32. The highest BCUT2D eigenvalue weighted by molar-refractivity contribution is 5.43. The van der Waals surface area contributed by atoms with Crippen LogP contribution in [0.4, 0.5) is 0 Å². The van der Waals surface area contributed by atoms with Crippen LogP contribution in [0.15, 0.2) is 42.6 Å². The average Bonchev–Trinajstić information content (AvgIpc) is 3.33. The molecule has 3 heterocycles. The van der Waals surface area contributed by atoms with Gasteiger partial charge in [0.15, 0.2) is 11.5 Å². The van der Waals surface area contributed by atoms with Crippen LogP contribution in [0.3, 0.4) is 0 Å². The lowest BCUT2D eigenvalue weighted by molar-refractivity contribution is 0.199. The van der Waals surface area contributed by atoms with Gasteiger partial charge in [-0.15, -0.1) is 10.2 Å². The number of likely N-dealkylation sites (tertiary alicyclic amines) is 1. The molecule has 1 aromatic carbocycles. The number of nitrogens with zero attached hydrogens (tertiary/aromatic N) is 4. The molecule has 1 aliphatic heterocycles. The van der Waals surface area contributed by atoms with E-state index in [1.807, 2.05) is 30.5 Å². The number of hydrogen-bond donors (Lipinski definition) is 1. The van der Waals surface area contributed by atoms with Crippen molar-refractivity contribution in [2.45, 2.75) is 37.5 Å². The highest BCUT2D eigenvalue weighted by atomic mass is 16.5. The zero-order chi connectivity index (χ0) is 17.7. The van der Waals surface area contributed by atoms with Crippen LogP contribution in [-0.4, -0.2) is 33.1 Å². The molecule has 2 aliphatic rings. The van der Waals surface area contributed by atoms with Gasteiger partial charge in [0.05, 0.1) is 12.2 Å². The minimum Gasteiger partial charge on any atom is -0.484 e. The van der Waals surface area contributed by atoms with Gasteiger partial charge in [-0.25, -0.2) is 0 Å². The molecule has 0 spiro atoms. The minimum absolute atomic E-state index is 0.00673. The van der Waals surface area contributed by atoms with Gasteiger partial charge in [0.2, 0.25) is 0 Å². The van der Waals surface area contributed by atoms with E-state index in [9.17, 15) is 0 Å². The summed E-state index contributed by atoms with van der Waals surface area (Å²) in [5.41, 5.74) is 9.52. The molecule has 134 valence electrons. The third-order valence-corrected chi connectivity index (χ3v) is 5.71. The molecule has 0 bridgehead atoms. The number of ether oxygens (including phenoxy) is 1. The fourth-order valence-electron chi connectivity index (χ4n) is 4.32. The van der Waals surface area contributed by atoms with Crippen molar-refractivity contribution in [2.75, 3.05) is 13.6 Å². The van der Waals surface area contributed by atoms with Crippen LogP contribution in [0.2, 0.25) is 0 Å². The van der Waals surface area contributed by atoms with Crippen LogP contribution < -0.4 is 10.5 Å². The minimum atomic E-state index is -0.00673. The topological polar surface area (TPSA) is 68.7 Å². The second kappa shape index (κ2) is 6.07. The van der Waals surface area contributed by atoms with E-state index in [4.69, 9.17) is 10.5 Å². The van der Waals surface area contributed by atoms with E-state index in [-0.39, 0.29) is 12.1 Å². The van der Waals surface area contributed by atoms with Gasteiger partial charge >= 0.3 is 0 Å². The Labute approximate surface area is 152 Å². The first-order valence-corrected chi connectivity index (χ1v) is 9.26. The second-order valence-corrected chi connectivity index (χ2v) is 7.37. The van der Waals surface area contributed by atoms with Crippen molar-refractivity contribution >= 4 is 5.65 Å². The molecular formula is C20H23N5O. The Balaban J connectivity index is 1.47. The molecule has 3 aromatic rings. The molecule has 2 aromatic heterocycles. The summed E-state index contributed by atoms with van der Waals surface area (Å²) in [4.78, 5) is 2.34. The normalized spacial score (nSPS) is 25.7. The second-order valence-electron chi connectivity index (χ2n) is 7.37. The smallest absolute Gasteiger partial charge is 0.161 e. The van der Waals surface area contributed by atoms with Gasteiger partial charge in [-0.2, -0.15) is 0 Å². The number of rotatable bonds is 3. The Bertz CT molecular complexity index is 952. The molecule has 1 aliphatic carbocycles. The third kappa shape index (κ3) is 2.48. The molecule has 6 nitrogen and oxygen atoms in total. The molecule has 1 fully saturated rings. The number of hydrogen-bond acceptors (Lipinski definition) is 5. The van der Waals surface area contributed by atoms with E-state index in [1.165, 1.54) is 17.5 Å². The van der Waals surface area contributed by atoms with Crippen molar-refractivity contribution in [3.63, 3.8) is 0 Å². The lowest BCUT2D eigenvalue weighted by atomic mass is 10.1. The first-order valence-electron chi connectivity index (χ1n) is 9.26. The Morgan fingerprint density at radius 3 is 2.77 bits per heavy atom. The van der Waals surface area contributed by atoms with E-state index in [1.54, 1.807) is 0 Å². The standard InChI is InChI=1S/C20H23N5O/c1-24-10-4-7-17(24)20-23-22-19-9-8-13(12-25(19)20)26-18-11-16(21)14-5-2-3-6-15(14)18/h2-3,5-6,8-9,12,16-18H,4,7,10-11,21H2,1H3/t16?,17-,18-/m0/s1. The van der Waals surface area contributed by atoms with Crippen molar-refractivity contribution < 1.29 is 4.74 Å². The largest absolute Gasteiger partial charge is 0.484 e. The predicted octanol–water partition coefficient (Wildman–Crippen LogP) is 3.02. The van der Waals surface area contributed by atoms with Crippen LogP contribution in [0.5, 0.6) is 5.75 Å². The molecule has 1 unspecified atom stereocenters. The van der Waals surface area contributed by atoms with Gasteiger partial charge in [0, 0.05) is 12.5 Å². The highest BCUT2D eigenvalue weighted by Crippen LogP contribution is 2.40. The van der Waals surface area contributed by atoms with E-state index < -0.39 is 0 Å². The fraction of sp³-hybridized carbons (Fsp3) is 0.400. The summed E-state index contributed by atoms with van der Waals surface area (Å²) in [6.07, 6.45) is 5.13. The van der Waals surface area contributed by atoms with Crippen LogP contribution >= 0.6 is 0 Å². The summed E-state index contributed by atoms with van der Waals surface area (Å²) in [5, 5.41) is 8.77. The van der Waals surface area contributed by atoms with Gasteiger partial charge in [-0.3, -0.25) is 9.30 Å². The van der Waals surface area contributed by atoms with Gasteiger partial charge in [0.1, 0.15) is 11.9 Å². The van der Waals surface area contributed by atoms with Crippen molar-refractivity contribution in [1.82, 2.24) is 19.5 Å². The molecule has 6 heteroatoms. The first-order chi connectivity index (χ1) is 12.7. The van der Waals surface area contributed by atoms with E-state index in [2.05, 4.69) is 38.7 Å². The molecule has 0 radical (unpaired) electrons. The molecule has 3 atom stereocenters. The Morgan fingerprint density at radius 1 is 1.12 bits per heavy atom. The van der Waals surface area contributed by atoms with E-state index in [0.29, 0.717) is 6.04 Å². The number of pyridine rings is 1. The summed E-state index contributed by atoms with van der Waals surface area (Å²) >= 11 is 0. The number of fused-ring (bicyclic) bond motifs is 2. The number of nitrogens with two attached hydrogens (primary N) is 1. The van der Waals surface area contributed by atoms with Gasteiger partial charge in [-0.1, -0.05) is 24.3 Å². The van der Waals surface area contributed by atoms with Crippen molar-refractivity contribution in [3.05, 3.63) is 59.5 Å². The van der Waals surface area contributed by atoms with Gasteiger partial charge in [-0.05, 0) is 49.7 Å². The van der Waals surface area contributed by atoms with Crippen LogP contribution in [0.1, 0.15) is 54.4 Å². The van der Waals surface area contributed by atoms with Crippen LogP contribution in [-0.2, 0) is 0 Å². The molecule has 5 rings (SSSR count). The van der Waals surface area contributed by atoms with Crippen LogP contribution in [0, 0.1) is 0 Å². The molecule has 26 heavy (non-hydrogen) atoms. The molecule has 2 N–H and O–H groups in total. The predicted molar refractivity (Wildman–Crippen MR) is 98.9 cm³/mol. The summed E-state index contributed by atoms with van der Waals surface area (Å²) in [7, 11) is 2.15. The van der Waals surface area contributed by atoms with Crippen molar-refractivity contribution in [3.8, 4) is 5.75 Å². The van der Waals surface area contributed by atoms with Gasteiger partial charge in [0.25, 0.3) is 0 Å². The monoisotopic (exact) mass is 349 g/mol. The van der Waals surface area contributed by atoms with Crippen LogP contribution in [0.25, 0.3) is 5.65 Å². The SMILES string of the molecule is CN1CCC[C@H]1c1nnc2ccc(O[C@H]3CC(N)c4ccccc43)cn12. The van der Waals surface area contributed by atoms with Gasteiger partial charge < -0.3 is 10.5 Å². The van der Waals surface area contributed by atoms with E-state index in [0.717, 1.165) is 36.6 Å². The first kappa shape index (κ1) is 15.8.